The lowest BCUT2D eigenvalue weighted by atomic mass is 10.0. The van der Waals surface area contributed by atoms with Gasteiger partial charge in [0, 0.05) is 54.5 Å². The minimum atomic E-state index is 1.08. The molecule has 0 spiro atoms. The highest BCUT2D eigenvalue weighted by Gasteiger charge is 2.22. The van der Waals surface area contributed by atoms with Crippen molar-refractivity contribution in [3.05, 3.63) is 140 Å². The number of para-hydroxylation sites is 4. The highest BCUT2D eigenvalue weighted by molar-refractivity contribution is 6.28. The van der Waals surface area contributed by atoms with Crippen molar-refractivity contribution in [1.29, 1.82) is 0 Å². The Morgan fingerprint density at radius 3 is 1.58 bits per heavy atom. The summed E-state index contributed by atoms with van der Waals surface area (Å²) in [6.45, 7) is 0. The van der Waals surface area contributed by atoms with Crippen LogP contribution in [0, 0.1) is 0 Å². The molecule has 0 saturated carbocycles. The smallest absolute Gasteiger partial charge is 0.0620 e. The SMILES string of the molecule is C1=CC(n2c3ccccc3c3cc4c(cc32)c2cccc3c5cc6c(cc5n4c23)c2ccccc2n6-c2ccccc2)=CCC1. The highest BCUT2D eigenvalue weighted by atomic mass is 15.0. The fourth-order valence-electron chi connectivity index (χ4n) is 8.30. The molecular formula is C42H27N3. The summed E-state index contributed by atoms with van der Waals surface area (Å²) in [5.41, 5.74) is 11.3. The molecule has 6 aromatic carbocycles. The van der Waals surface area contributed by atoms with Crippen molar-refractivity contribution < 1.29 is 0 Å². The molecule has 4 aromatic heterocycles. The van der Waals surface area contributed by atoms with Gasteiger partial charge in [-0.3, -0.25) is 0 Å². The van der Waals surface area contributed by atoms with Crippen LogP contribution in [0.2, 0.25) is 0 Å². The topological polar surface area (TPSA) is 14.3 Å². The maximum atomic E-state index is 2.54. The summed E-state index contributed by atoms with van der Waals surface area (Å²) in [4.78, 5) is 0. The Bertz CT molecular complexity index is 2910. The van der Waals surface area contributed by atoms with Gasteiger partial charge >= 0.3 is 0 Å². The molecule has 4 heterocycles. The third-order valence-electron chi connectivity index (χ3n) is 10.1. The maximum Gasteiger partial charge on any atom is 0.0620 e. The molecule has 3 heteroatoms. The number of hydrogen-bond acceptors (Lipinski definition) is 0. The zero-order chi connectivity index (χ0) is 29.2. The standard InChI is InChI=1S/C42H27N3/c1-3-12-26(13-4-1)43-36-20-9-7-16-28(36)32-22-40-34(24-38(32)43)30-18-11-19-31-35-25-39-33(23-41(35)45(40)42(30)31)29-17-8-10-21-37(29)44(39)27-14-5-2-6-15-27/h1,3-5,7-25H,2,6H2. The van der Waals surface area contributed by atoms with Crippen molar-refractivity contribution in [3.63, 3.8) is 0 Å². The summed E-state index contributed by atoms with van der Waals surface area (Å²) in [6.07, 6.45) is 9.16. The summed E-state index contributed by atoms with van der Waals surface area (Å²) >= 11 is 0. The van der Waals surface area contributed by atoms with Gasteiger partial charge in [0.2, 0.25) is 0 Å². The van der Waals surface area contributed by atoms with Gasteiger partial charge in [0.1, 0.15) is 0 Å². The molecule has 0 amide bonds. The van der Waals surface area contributed by atoms with Crippen molar-refractivity contribution in [2.45, 2.75) is 12.8 Å². The van der Waals surface area contributed by atoms with Crippen LogP contribution in [-0.2, 0) is 0 Å². The highest BCUT2D eigenvalue weighted by Crippen LogP contribution is 2.45. The molecule has 0 N–H and O–H groups in total. The number of hydrogen-bond donors (Lipinski definition) is 0. The number of rotatable bonds is 2. The van der Waals surface area contributed by atoms with E-state index in [0.29, 0.717) is 0 Å². The van der Waals surface area contributed by atoms with E-state index in [0.717, 1.165) is 12.8 Å². The molecule has 1 aliphatic carbocycles. The van der Waals surface area contributed by atoms with E-state index in [1.807, 2.05) is 0 Å². The Hall–Kier alpha value is -5.80. The Morgan fingerprint density at radius 2 is 0.933 bits per heavy atom. The van der Waals surface area contributed by atoms with Crippen LogP contribution in [0.1, 0.15) is 12.8 Å². The van der Waals surface area contributed by atoms with Gasteiger partial charge in [-0.1, -0.05) is 84.9 Å². The zero-order valence-corrected chi connectivity index (χ0v) is 24.5. The Kier molecular flexibility index (Phi) is 4.43. The van der Waals surface area contributed by atoms with Gasteiger partial charge in [-0.25, -0.2) is 0 Å². The second-order valence-electron chi connectivity index (χ2n) is 12.5. The van der Waals surface area contributed by atoms with Crippen molar-refractivity contribution >= 4 is 87.4 Å². The molecule has 45 heavy (non-hydrogen) atoms. The quantitative estimate of drug-likeness (QED) is 0.195. The van der Waals surface area contributed by atoms with E-state index in [9.17, 15) is 0 Å². The summed E-state index contributed by atoms with van der Waals surface area (Å²) in [5, 5.41) is 10.4. The fourth-order valence-corrected chi connectivity index (χ4v) is 8.30. The first-order valence-corrected chi connectivity index (χ1v) is 15.9. The normalized spacial score (nSPS) is 14.1. The molecule has 0 aliphatic heterocycles. The van der Waals surface area contributed by atoms with E-state index in [1.54, 1.807) is 0 Å². The molecule has 0 atom stereocenters. The van der Waals surface area contributed by atoms with Crippen LogP contribution in [0.15, 0.2) is 140 Å². The number of fused-ring (bicyclic) bond motifs is 12. The molecule has 11 rings (SSSR count). The van der Waals surface area contributed by atoms with E-state index in [2.05, 4.69) is 153 Å². The second-order valence-corrected chi connectivity index (χ2v) is 12.5. The molecule has 3 nitrogen and oxygen atoms in total. The fraction of sp³-hybridized carbons (Fsp3) is 0.0476. The van der Waals surface area contributed by atoms with E-state index >= 15 is 0 Å². The predicted molar refractivity (Wildman–Crippen MR) is 191 cm³/mol. The first-order valence-electron chi connectivity index (χ1n) is 15.9. The van der Waals surface area contributed by atoms with Gasteiger partial charge in [0.15, 0.2) is 0 Å². The molecule has 0 unspecified atom stereocenters. The van der Waals surface area contributed by atoms with Crippen molar-refractivity contribution in [1.82, 2.24) is 13.5 Å². The number of allylic oxidation sites excluding steroid dienone is 4. The largest absolute Gasteiger partial charge is 0.310 e. The maximum absolute atomic E-state index is 2.54. The van der Waals surface area contributed by atoms with Crippen molar-refractivity contribution in [3.8, 4) is 5.69 Å². The number of benzene rings is 6. The van der Waals surface area contributed by atoms with E-state index in [4.69, 9.17) is 0 Å². The lowest BCUT2D eigenvalue weighted by molar-refractivity contribution is 1.02. The van der Waals surface area contributed by atoms with Crippen molar-refractivity contribution in [2.24, 2.45) is 0 Å². The molecule has 0 saturated heterocycles. The molecule has 210 valence electrons. The van der Waals surface area contributed by atoms with Crippen LogP contribution in [0.3, 0.4) is 0 Å². The van der Waals surface area contributed by atoms with Gasteiger partial charge in [0.05, 0.1) is 38.6 Å². The van der Waals surface area contributed by atoms with Crippen LogP contribution >= 0.6 is 0 Å². The Morgan fingerprint density at radius 1 is 0.400 bits per heavy atom. The van der Waals surface area contributed by atoms with E-state index in [1.165, 1.54) is 93.1 Å². The molecular weight excluding hydrogens is 546 g/mol. The first kappa shape index (κ1) is 23.6. The summed E-state index contributed by atoms with van der Waals surface area (Å²) in [6, 6.07) is 45.1. The molecule has 10 aromatic rings. The Labute approximate surface area is 258 Å². The average Bonchev–Trinajstić information content (AvgIpc) is 3.81. The zero-order valence-electron chi connectivity index (χ0n) is 24.5. The van der Waals surface area contributed by atoms with E-state index < -0.39 is 0 Å². The van der Waals surface area contributed by atoms with Crippen LogP contribution in [0.25, 0.3) is 93.1 Å². The van der Waals surface area contributed by atoms with Crippen LogP contribution in [0.5, 0.6) is 0 Å². The second kappa shape index (κ2) is 8.43. The minimum Gasteiger partial charge on any atom is -0.310 e. The third kappa shape index (κ3) is 2.95. The van der Waals surface area contributed by atoms with Gasteiger partial charge < -0.3 is 13.5 Å². The molecule has 0 radical (unpaired) electrons. The lowest BCUT2D eigenvalue weighted by Gasteiger charge is -2.12. The minimum absolute atomic E-state index is 1.08. The van der Waals surface area contributed by atoms with Crippen LogP contribution in [-0.4, -0.2) is 13.5 Å². The summed E-state index contributed by atoms with van der Waals surface area (Å²) < 4.78 is 7.42. The third-order valence-corrected chi connectivity index (χ3v) is 10.1. The van der Waals surface area contributed by atoms with Crippen LogP contribution in [0.4, 0.5) is 0 Å². The predicted octanol–water partition coefficient (Wildman–Crippen LogP) is 11.2. The van der Waals surface area contributed by atoms with Gasteiger partial charge in [-0.05, 0) is 67.4 Å². The lowest BCUT2D eigenvalue weighted by Crippen LogP contribution is -1.96. The number of aromatic nitrogens is 3. The molecule has 1 aliphatic rings. The Balaban J connectivity index is 1.32. The first-order chi connectivity index (χ1) is 22.3. The monoisotopic (exact) mass is 573 g/mol. The van der Waals surface area contributed by atoms with Gasteiger partial charge in [-0.15, -0.1) is 0 Å². The van der Waals surface area contributed by atoms with Crippen molar-refractivity contribution in [2.75, 3.05) is 0 Å². The number of nitrogens with zero attached hydrogens (tertiary/aromatic N) is 3. The van der Waals surface area contributed by atoms with Gasteiger partial charge in [-0.2, -0.15) is 0 Å². The molecule has 0 bridgehead atoms. The summed E-state index contributed by atoms with van der Waals surface area (Å²) in [7, 11) is 0. The molecule has 0 fully saturated rings. The van der Waals surface area contributed by atoms with Gasteiger partial charge in [0.25, 0.3) is 0 Å². The van der Waals surface area contributed by atoms with E-state index in [-0.39, 0.29) is 0 Å². The van der Waals surface area contributed by atoms with Crippen LogP contribution < -0.4 is 0 Å². The average molecular weight is 574 g/mol. The summed E-state index contributed by atoms with van der Waals surface area (Å²) in [5.74, 6) is 0.